The van der Waals surface area contributed by atoms with Crippen LogP contribution in [0.25, 0.3) is 0 Å². The van der Waals surface area contributed by atoms with Crippen molar-refractivity contribution in [1.29, 1.82) is 0 Å². The van der Waals surface area contributed by atoms with Gasteiger partial charge in [0.1, 0.15) is 0 Å². The van der Waals surface area contributed by atoms with Crippen molar-refractivity contribution in [3.63, 3.8) is 0 Å². The number of ether oxygens (including phenoxy) is 1. The molecule has 1 heterocycles. The molecule has 0 bridgehead atoms. The Labute approximate surface area is 92.0 Å². The quantitative estimate of drug-likeness (QED) is 0.741. The van der Waals surface area contributed by atoms with Gasteiger partial charge in [-0.25, -0.2) is 0 Å². The van der Waals surface area contributed by atoms with Crippen molar-refractivity contribution in [2.45, 2.75) is 52.4 Å². The number of carbonyl (C=O) groups is 1. The summed E-state index contributed by atoms with van der Waals surface area (Å²) in [6, 6.07) is -0.0472. The van der Waals surface area contributed by atoms with E-state index in [1.54, 1.807) is 0 Å². The molecule has 0 radical (unpaired) electrons. The van der Waals surface area contributed by atoms with Crippen LogP contribution in [0.4, 0.5) is 0 Å². The maximum absolute atomic E-state index is 11.8. The fraction of sp³-hybridized carbons (Fsp3) is 0.909. The van der Waals surface area contributed by atoms with E-state index in [1.807, 2.05) is 25.7 Å². The van der Waals surface area contributed by atoms with Gasteiger partial charge in [0.15, 0.2) is 0 Å². The molecule has 1 amide bonds. The van der Waals surface area contributed by atoms with Crippen LogP contribution in [0.1, 0.15) is 34.1 Å². The number of hydrogen-bond donors (Lipinski definition) is 1. The van der Waals surface area contributed by atoms with Crippen LogP contribution in [0.3, 0.4) is 0 Å². The Hall–Kier alpha value is -0.610. The molecule has 0 saturated carbocycles. The SMILES string of the molecule is CCC1NC(C)C(=O)N1CCOC(C)C. The van der Waals surface area contributed by atoms with Gasteiger partial charge in [-0.15, -0.1) is 0 Å². The van der Waals surface area contributed by atoms with Crippen LogP contribution in [0.2, 0.25) is 0 Å². The second-order valence-electron chi connectivity index (χ2n) is 4.26. The van der Waals surface area contributed by atoms with Gasteiger partial charge in [0.2, 0.25) is 5.91 Å². The first-order valence-electron chi connectivity index (χ1n) is 5.74. The Morgan fingerprint density at radius 2 is 2.20 bits per heavy atom. The molecule has 1 fully saturated rings. The smallest absolute Gasteiger partial charge is 0.240 e. The summed E-state index contributed by atoms with van der Waals surface area (Å²) < 4.78 is 5.46. The van der Waals surface area contributed by atoms with Gasteiger partial charge in [-0.1, -0.05) is 6.92 Å². The molecular formula is C11H22N2O2. The molecule has 15 heavy (non-hydrogen) atoms. The maximum Gasteiger partial charge on any atom is 0.240 e. The third kappa shape index (κ3) is 3.18. The van der Waals surface area contributed by atoms with Crippen LogP contribution in [-0.4, -0.2) is 42.3 Å². The van der Waals surface area contributed by atoms with Gasteiger partial charge < -0.3 is 9.64 Å². The van der Waals surface area contributed by atoms with Crippen molar-refractivity contribution < 1.29 is 9.53 Å². The van der Waals surface area contributed by atoms with Gasteiger partial charge in [-0.3, -0.25) is 10.1 Å². The number of hydrogen-bond acceptors (Lipinski definition) is 3. The first-order chi connectivity index (χ1) is 7.06. The van der Waals surface area contributed by atoms with E-state index in [1.165, 1.54) is 0 Å². The van der Waals surface area contributed by atoms with Crippen molar-refractivity contribution in [2.24, 2.45) is 0 Å². The van der Waals surface area contributed by atoms with Crippen molar-refractivity contribution in [3.8, 4) is 0 Å². The molecule has 2 atom stereocenters. The largest absolute Gasteiger partial charge is 0.377 e. The molecule has 0 spiro atoms. The van der Waals surface area contributed by atoms with E-state index < -0.39 is 0 Å². The van der Waals surface area contributed by atoms with Crippen LogP contribution in [0.5, 0.6) is 0 Å². The summed E-state index contributed by atoms with van der Waals surface area (Å²) in [6.07, 6.45) is 1.36. The predicted molar refractivity (Wildman–Crippen MR) is 59.5 cm³/mol. The average Bonchev–Trinajstić information content (AvgIpc) is 2.44. The first kappa shape index (κ1) is 12.5. The molecule has 1 aliphatic heterocycles. The third-order valence-electron chi connectivity index (χ3n) is 2.64. The lowest BCUT2D eigenvalue weighted by atomic mass is 10.3. The topological polar surface area (TPSA) is 41.6 Å². The molecular weight excluding hydrogens is 192 g/mol. The van der Waals surface area contributed by atoms with Crippen molar-refractivity contribution in [3.05, 3.63) is 0 Å². The summed E-state index contributed by atoms with van der Waals surface area (Å²) in [4.78, 5) is 13.6. The number of rotatable bonds is 5. The Kier molecular flexibility index (Phi) is 4.54. The van der Waals surface area contributed by atoms with Crippen LogP contribution < -0.4 is 5.32 Å². The molecule has 0 aromatic carbocycles. The predicted octanol–water partition coefficient (Wildman–Crippen LogP) is 0.968. The highest BCUT2D eigenvalue weighted by Crippen LogP contribution is 2.12. The Bertz CT molecular complexity index is 219. The zero-order chi connectivity index (χ0) is 11.4. The Morgan fingerprint density at radius 1 is 1.53 bits per heavy atom. The summed E-state index contributed by atoms with van der Waals surface area (Å²) in [5.41, 5.74) is 0. The summed E-state index contributed by atoms with van der Waals surface area (Å²) in [6.45, 7) is 9.31. The molecule has 0 aliphatic carbocycles. The molecule has 1 rings (SSSR count). The van der Waals surface area contributed by atoms with Crippen LogP contribution in [0.15, 0.2) is 0 Å². The summed E-state index contributed by atoms with van der Waals surface area (Å²) in [5.74, 6) is 0.189. The van der Waals surface area contributed by atoms with Gasteiger partial charge in [0, 0.05) is 6.54 Å². The lowest BCUT2D eigenvalue weighted by Gasteiger charge is -2.23. The maximum atomic E-state index is 11.8. The van der Waals surface area contributed by atoms with Gasteiger partial charge in [0.05, 0.1) is 24.9 Å². The highest BCUT2D eigenvalue weighted by Gasteiger charge is 2.34. The van der Waals surface area contributed by atoms with Gasteiger partial charge in [0.25, 0.3) is 0 Å². The molecule has 1 saturated heterocycles. The van der Waals surface area contributed by atoms with Gasteiger partial charge in [-0.05, 0) is 27.2 Å². The molecule has 88 valence electrons. The highest BCUT2D eigenvalue weighted by atomic mass is 16.5. The average molecular weight is 214 g/mol. The minimum Gasteiger partial charge on any atom is -0.377 e. The van der Waals surface area contributed by atoms with Gasteiger partial charge in [-0.2, -0.15) is 0 Å². The second kappa shape index (κ2) is 5.47. The number of nitrogens with one attached hydrogen (secondary N) is 1. The molecule has 1 N–H and O–H groups in total. The van der Waals surface area contributed by atoms with E-state index in [4.69, 9.17) is 4.74 Å². The van der Waals surface area contributed by atoms with E-state index in [-0.39, 0.29) is 24.2 Å². The van der Waals surface area contributed by atoms with Crippen LogP contribution >= 0.6 is 0 Å². The molecule has 4 nitrogen and oxygen atoms in total. The monoisotopic (exact) mass is 214 g/mol. The fourth-order valence-electron chi connectivity index (χ4n) is 1.84. The fourth-order valence-corrected chi connectivity index (χ4v) is 1.84. The van der Waals surface area contributed by atoms with E-state index >= 15 is 0 Å². The normalized spacial score (nSPS) is 26.7. The number of nitrogens with zero attached hydrogens (tertiary/aromatic N) is 1. The van der Waals surface area contributed by atoms with E-state index in [9.17, 15) is 4.79 Å². The molecule has 0 aromatic heterocycles. The molecule has 2 unspecified atom stereocenters. The van der Waals surface area contributed by atoms with Crippen molar-refractivity contribution in [2.75, 3.05) is 13.2 Å². The minimum atomic E-state index is -0.0472. The number of amides is 1. The third-order valence-corrected chi connectivity index (χ3v) is 2.64. The Balaban J connectivity index is 2.40. The van der Waals surface area contributed by atoms with E-state index in [2.05, 4.69) is 12.2 Å². The lowest BCUT2D eigenvalue weighted by molar-refractivity contribution is -0.130. The van der Waals surface area contributed by atoms with Gasteiger partial charge >= 0.3 is 0 Å². The number of carbonyl (C=O) groups excluding carboxylic acids is 1. The van der Waals surface area contributed by atoms with Crippen LogP contribution in [-0.2, 0) is 9.53 Å². The Morgan fingerprint density at radius 3 is 2.73 bits per heavy atom. The zero-order valence-electron chi connectivity index (χ0n) is 10.1. The first-order valence-corrected chi connectivity index (χ1v) is 5.74. The summed E-state index contributed by atoms with van der Waals surface area (Å²) in [7, 11) is 0. The zero-order valence-corrected chi connectivity index (χ0v) is 10.1. The van der Waals surface area contributed by atoms with Crippen molar-refractivity contribution >= 4 is 5.91 Å². The van der Waals surface area contributed by atoms with Crippen molar-refractivity contribution in [1.82, 2.24) is 10.2 Å². The second-order valence-corrected chi connectivity index (χ2v) is 4.26. The molecule has 4 heteroatoms. The summed E-state index contributed by atoms with van der Waals surface area (Å²) >= 11 is 0. The van der Waals surface area contributed by atoms with Crippen LogP contribution in [0, 0.1) is 0 Å². The molecule has 1 aliphatic rings. The lowest BCUT2D eigenvalue weighted by Crippen LogP contribution is -2.39. The summed E-state index contributed by atoms with van der Waals surface area (Å²) in [5, 5.41) is 3.26. The standard InChI is InChI=1S/C11H22N2O2/c1-5-10-12-9(4)11(14)13(10)6-7-15-8(2)3/h8-10,12H,5-7H2,1-4H3. The minimum absolute atomic E-state index is 0.0472. The molecule has 0 aromatic rings. The van der Waals surface area contributed by atoms with E-state index in [0.29, 0.717) is 13.2 Å². The highest BCUT2D eigenvalue weighted by molar-refractivity contribution is 5.83. The van der Waals surface area contributed by atoms with E-state index in [0.717, 1.165) is 6.42 Å².